The highest BCUT2D eigenvalue weighted by Gasteiger charge is 2.15. The number of hydrogen-bond acceptors (Lipinski definition) is 4. The Balaban J connectivity index is 2.02. The fourth-order valence-corrected chi connectivity index (χ4v) is 4.54. The predicted octanol–water partition coefficient (Wildman–Crippen LogP) is 6.22. The molecule has 0 unspecified atom stereocenters. The monoisotopic (exact) mass is 382 g/mol. The van der Waals surface area contributed by atoms with E-state index in [1.54, 1.807) is 17.4 Å². The second-order valence-corrected chi connectivity index (χ2v) is 7.88. The van der Waals surface area contributed by atoms with Gasteiger partial charge < -0.3 is 5.32 Å². The third-order valence-electron chi connectivity index (χ3n) is 4.55. The first-order chi connectivity index (χ1) is 12.7. The zero-order valence-corrected chi connectivity index (χ0v) is 16.1. The van der Waals surface area contributed by atoms with E-state index in [9.17, 15) is 4.79 Å². The smallest absolute Gasteiger partial charge is 0.196 e. The number of hydrogen-bond donors (Lipinski definition) is 1. The van der Waals surface area contributed by atoms with Gasteiger partial charge in [-0.15, -0.1) is 11.3 Å². The predicted molar refractivity (Wildman–Crippen MR) is 114 cm³/mol. The molecule has 0 saturated carbocycles. The van der Waals surface area contributed by atoms with Crippen molar-refractivity contribution in [3.05, 3.63) is 57.7 Å². The zero-order chi connectivity index (χ0) is 18.1. The summed E-state index contributed by atoms with van der Waals surface area (Å²) in [6.07, 6.45) is 3.44. The molecule has 0 radical (unpaired) electrons. The number of pyridine rings is 1. The fourth-order valence-electron chi connectivity index (χ4n) is 3.23. The lowest BCUT2D eigenvalue weighted by Crippen LogP contribution is -2.08. The molecule has 2 aromatic heterocycles. The van der Waals surface area contributed by atoms with Crippen molar-refractivity contribution in [3.63, 3.8) is 0 Å². The quantitative estimate of drug-likeness (QED) is 0.253. The molecule has 0 aliphatic heterocycles. The van der Waals surface area contributed by atoms with Gasteiger partial charge in [0.15, 0.2) is 5.43 Å². The van der Waals surface area contributed by atoms with Gasteiger partial charge in [-0.3, -0.25) is 4.79 Å². The molecular weight excluding hydrogens is 364 g/mol. The highest BCUT2D eigenvalue weighted by Crippen LogP contribution is 2.34. The van der Waals surface area contributed by atoms with Gasteiger partial charge in [0.2, 0.25) is 0 Å². The largest absolute Gasteiger partial charge is 0.369 e. The Hall–Kier alpha value is -2.17. The van der Waals surface area contributed by atoms with Gasteiger partial charge in [0.25, 0.3) is 0 Å². The van der Waals surface area contributed by atoms with Crippen molar-refractivity contribution < 1.29 is 0 Å². The molecule has 2 heterocycles. The van der Waals surface area contributed by atoms with Crippen LogP contribution >= 0.6 is 22.9 Å². The van der Waals surface area contributed by atoms with Gasteiger partial charge in [0.1, 0.15) is 5.82 Å². The average Bonchev–Trinajstić information content (AvgIpc) is 2.66. The van der Waals surface area contributed by atoms with Gasteiger partial charge in [-0.1, -0.05) is 49.6 Å². The molecule has 0 spiro atoms. The van der Waals surface area contributed by atoms with E-state index in [2.05, 4.69) is 12.2 Å². The van der Waals surface area contributed by atoms with Crippen LogP contribution < -0.4 is 10.7 Å². The fraction of sp³-hybridized carbons (Fsp3) is 0.238. The van der Waals surface area contributed by atoms with Crippen molar-refractivity contribution >= 4 is 59.8 Å². The lowest BCUT2D eigenvalue weighted by atomic mass is 10.1. The normalized spacial score (nSPS) is 11.5. The lowest BCUT2D eigenvalue weighted by Gasteiger charge is -2.12. The minimum absolute atomic E-state index is 0.0199. The van der Waals surface area contributed by atoms with Crippen LogP contribution in [0.25, 0.3) is 31.1 Å². The number of nitrogens with one attached hydrogen (secondary N) is 1. The summed E-state index contributed by atoms with van der Waals surface area (Å²) in [6, 6.07) is 13.3. The Morgan fingerprint density at radius 1 is 1.12 bits per heavy atom. The van der Waals surface area contributed by atoms with Crippen LogP contribution in [0.1, 0.15) is 26.2 Å². The summed E-state index contributed by atoms with van der Waals surface area (Å²) in [6.45, 7) is 3.04. The van der Waals surface area contributed by atoms with Crippen molar-refractivity contribution in [2.24, 2.45) is 0 Å². The number of unbranched alkanes of at least 4 members (excludes halogenated alkanes) is 2. The average molecular weight is 383 g/mol. The molecule has 26 heavy (non-hydrogen) atoms. The number of para-hydroxylation sites is 1. The van der Waals surface area contributed by atoms with E-state index in [4.69, 9.17) is 16.6 Å². The molecule has 2 aromatic carbocycles. The Kier molecular flexibility index (Phi) is 4.79. The molecule has 0 bridgehead atoms. The molecule has 5 heteroatoms. The van der Waals surface area contributed by atoms with Crippen LogP contribution in [-0.4, -0.2) is 11.5 Å². The third kappa shape index (κ3) is 3.04. The topological polar surface area (TPSA) is 42.0 Å². The van der Waals surface area contributed by atoms with Crippen LogP contribution in [0.5, 0.6) is 0 Å². The summed E-state index contributed by atoms with van der Waals surface area (Å²) < 4.78 is 1.85. The molecule has 0 aliphatic carbocycles. The molecule has 0 atom stereocenters. The van der Waals surface area contributed by atoms with Crippen molar-refractivity contribution in [3.8, 4) is 0 Å². The maximum absolute atomic E-state index is 13.3. The number of rotatable bonds is 5. The lowest BCUT2D eigenvalue weighted by molar-refractivity contribution is 0.743. The molecule has 0 fully saturated rings. The van der Waals surface area contributed by atoms with Crippen LogP contribution in [-0.2, 0) is 0 Å². The minimum Gasteiger partial charge on any atom is -0.369 e. The first-order valence-electron chi connectivity index (χ1n) is 8.87. The molecule has 0 amide bonds. The summed E-state index contributed by atoms with van der Waals surface area (Å²) in [5.74, 6) is 0.800. The van der Waals surface area contributed by atoms with E-state index < -0.39 is 0 Å². The highest BCUT2D eigenvalue weighted by atomic mass is 35.5. The van der Waals surface area contributed by atoms with Gasteiger partial charge in [0.05, 0.1) is 15.6 Å². The molecule has 1 N–H and O–H groups in total. The molecule has 4 rings (SSSR count). The van der Waals surface area contributed by atoms with E-state index >= 15 is 0 Å². The minimum atomic E-state index is 0.0199. The van der Waals surface area contributed by atoms with E-state index in [0.717, 1.165) is 44.5 Å². The molecule has 4 aromatic rings. The number of anilines is 1. The van der Waals surface area contributed by atoms with E-state index in [0.29, 0.717) is 10.4 Å². The van der Waals surface area contributed by atoms with E-state index in [-0.39, 0.29) is 5.43 Å². The number of fused-ring (bicyclic) bond motifs is 4. The van der Waals surface area contributed by atoms with Crippen LogP contribution in [0, 0.1) is 0 Å². The van der Waals surface area contributed by atoms with Crippen molar-refractivity contribution in [1.82, 2.24) is 4.98 Å². The number of halogens is 1. The standard InChI is InChI=1S/C21H19ClN2OS/c1-2-3-6-11-23-21-20-18(14-7-4-5-8-16(14)24-21)19(25)15-12-13(22)9-10-17(15)26-20/h4-5,7-10,12H,2-3,6,11H2,1H3,(H,23,24). The van der Waals surface area contributed by atoms with E-state index in [1.165, 1.54) is 12.8 Å². The summed E-state index contributed by atoms with van der Waals surface area (Å²) in [7, 11) is 0. The summed E-state index contributed by atoms with van der Waals surface area (Å²) in [5, 5.41) is 6.33. The molecule has 0 aliphatic rings. The number of aromatic nitrogens is 1. The zero-order valence-electron chi connectivity index (χ0n) is 14.5. The Bertz CT molecular complexity index is 1170. The second-order valence-electron chi connectivity index (χ2n) is 6.39. The molecule has 3 nitrogen and oxygen atoms in total. The summed E-state index contributed by atoms with van der Waals surface area (Å²) in [4.78, 5) is 18.1. The Labute approximate surface area is 160 Å². The van der Waals surface area contributed by atoms with Crippen molar-refractivity contribution in [1.29, 1.82) is 0 Å². The van der Waals surface area contributed by atoms with Crippen molar-refractivity contribution in [2.75, 3.05) is 11.9 Å². The highest BCUT2D eigenvalue weighted by molar-refractivity contribution is 7.25. The maximum atomic E-state index is 13.3. The van der Waals surface area contributed by atoms with Gasteiger partial charge in [0, 0.05) is 27.0 Å². The van der Waals surface area contributed by atoms with Crippen LogP contribution in [0.3, 0.4) is 0 Å². The molecule has 0 saturated heterocycles. The van der Waals surface area contributed by atoms with Gasteiger partial charge >= 0.3 is 0 Å². The van der Waals surface area contributed by atoms with Gasteiger partial charge in [-0.25, -0.2) is 4.98 Å². The number of nitrogens with zero attached hydrogens (tertiary/aromatic N) is 1. The first kappa shape index (κ1) is 17.3. The molecule has 132 valence electrons. The summed E-state index contributed by atoms with van der Waals surface area (Å²) in [5.41, 5.74) is 0.857. The molecular formula is C21H19ClN2OS. The Morgan fingerprint density at radius 3 is 2.81 bits per heavy atom. The third-order valence-corrected chi connectivity index (χ3v) is 5.96. The first-order valence-corrected chi connectivity index (χ1v) is 10.1. The summed E-state index contributed by atoms with van der Waals surface area (Å²) >= 11 is 7.73. The maximum Gasteiger partial charge on any atom is 0.196 e. The van der Waals surface area contributed by atoms with Crippen molar-refractivity contribution in [2.45, 2.75) is 26.2 Å². The van der Waals surface area contributed by atoms with E-state index in [1.807, 2.05) is 36.4 Å². The number of benzene rings is 2. The Morgan fingerprint density at radius 2 is 1.96 bits per heavy atom. The van der Waals surface area contributed by atoms with Gasteiger partial charge in [-0.05, 0) is 30.7 Å². The van der Waals surface area contributed by atoms with Crippen LogP contribution in [0.15, 0.2) is 47.3 Å². The SMILES string of the molecule is CCCCCNc1nc2ccccc2c2c(=O)c3cc(Cl)ccc3sc12. The second kappa shape index (κ2) is 7.22. The van der Waals surface area contributed by atoms with Crippen LogP contribution in [0.4, 0.5) is 5.82 Å². The van der Waals surface area contributed by atoms with Gasteiger partial charge in [-0.2, -0.15) is 0 Å². The van der Waals surface area contributed by atoms with Crippen LogP contribution in [0.2, 0.25) is 5.02 Å².